The van der Waals surface area contributed by atoms with E-state index >= 15 is 0 Å². The Kier molecular flexibility index (Phi) is 55.9. The summed E-state index contributed by atoms with van der Waals surface area (Å²) in [6.07, 6.45) is 24.8. The van der Waals surface area contributed by atoms with Crippen LogP contribution in [0.5, 0.6) is 51.7 Å². The van der Waals surface area contributed by atoms with E-state index in [0.29, 0.717) is 229 Å². The Morgan fingerprint density at radius 3 is 0.872 bits per heavy atom. The number of carbonyl (C=O) groups excluding carboxylic acids is 12. The molecule has 798 valence electrons. The molecular weight excluding hydrogens is 1940 g/mol. The molecule has 0 aliphatic heterocycles. The van der Waals surface area contributed by atoms with E-state index in [2.05, 4.69) is 39.5 Å². The minimum Gasteiger partial charge on any atom is -0.494 e. The largest absolute Gasteiger partial charge is 0.494 e. The topological polar surface area (TPSA) is 371 Å². The summed E-state index contributed by atoms with van der Waals surface area (Å²) in [5, 5.41) is 0.487. The molecule has 2 saturated carbocycles. The van der Waals surface area contributed by atoms with Gasteiger partial charge in [0.1, 0.15) is 70.1 Å². The number of esters is 12. The van der Waals surface area contributed by atoms with Crippen molar-refractivity contribution in [2.75, 3.05) is 79.3 Å². The molecule has 30 nitrogen and oxygen atoms in total. The molecule has 0 N–H and O–H groups in total. The SMILES string of the molecule is C=C(C)C(=O)OCCCCCCOc1ccc(C(=O)Oc2ccc(OC(=O)c3ccc(OCCCCCCOC(=O)C(=C)C)cc3C)cc2)c(C)c1.C=CC(=O)OCCCCCCOc1ccc(C(=O)OC2CCC(OC(=O)c3ccc(OCCCCCCOC(=O)C=C)cc3Cl)CC2)c(Cl)c1.C=CC(=O)OCCCCOc1ccc(OC(=O)C2CCC(OC(=O)c3ccc(OCCCCOC(=O)C=C)c(C)c3)CC2)cc1C. The molecule has 9 rings (SSSR count). The number of ether oxygens (including phenoxy) is 18. The van der Waals surface area contributed by atoms with Crippen molar-refractivity contribution in [3.8, 4) is 51.7 Å². The lowest BCUT2D eigenvalue weighted by atomic mass is 9.87. The van der Waals surface area contributed by atoms with Crippen molar-refractivity contribution in [2.45, 2.75) is 240 Å². The van der Waals surface area contributed by atoms with Gasteiger partial charge in [-0.15, -0.1) is 0 Å². The average molecular weight is 2090 g/mol. The lowest BCUT2D eigenvalue weighted by Crippen LogP contribution is -2.30. The summed E-state index contributed by atoms with van der Waals surface area (Å²) in [5.74, 6) is -0.548. The smallest absolute Gasteiger partial charge is 0.343 e. The van der Waals surface area contributed by atoms with Crippen molar-refractivity contribution >= 4 is 94.8 Å². The van der Waals surface area contributed by atoms with E-state index in [1.807, 2.05) is 27.7 Å². The van der Waals surface area contributed by atoms with Crippen molar-refractivity contribution in [2.24, 2.45) is 5.92 Å². The van der Waals surface area contributed by atoms with Crippen LogP contribution >= 0.6 is 23.2 Å². The molecule has 0 heterocycles. The molecular formula is C116H140Cl2O30. The Hall–Kier alpha value is -14.0. The van der Waals surface area contributed by atoms with Gasteiger partial charge in [-0.05, 0) is 377 Å². The molecule has 0 radical (unpaired) electrons. The third-order valence-corrected chi connectivity index (χ3v) is 23.9. The third-order valence-electron chi connectivity index (χ3n) is 23.3. The Labute approximate surface area is 877 Å². The highest BCUT2D eigenvalue weighted by Crippen LogP contribution is 2.35. The fourth-order valence-corrected chi connectivity index (χ4v) is 15.4. The van der Waals surface area contributed by atoms with Crippen molar-refractivity contribution in [1.82, 2.24) is 0 Å². The minimum absolute atomic E-state index is 0.244. The van der Waals surface area contributed by atoms with E-state index in [4.69, 9.17) is 108 Å². The number of benzene rings is 7. The van der Waals surface area contributed by atoms with E-state index < -0.39 is 53.7 Å². The first-order chi connectivity index (χ1) is 71.3. The van der Waals surface area contributed by atoms with Crippen LogP contribution in [0.1, 0.15) is 268 Å². The van der Waals surface area contributed by atoms with Crippen LogP contribution in [0.4, 0.5) is 0 Å². The highest BCUT2D eigenvalue weighted by molar-refractivity contribution is 6.34. The monoisotopic (exact) mass is 2080 g/mol. The molecule has 7 aromatic carbocycles. The second kappa shape index (κ2) is 68.4. The van der Waals surface area contributed by atoms with Gasteiger partial charge in [-0.2, -0.15) is 0 Å². The van der Waals surface area contributed by atoms with Gasteiger partial charge in [-0.3, -0.25) is 4.79 Å². The molecule has 2 aliphatic rings. The zero-order valence-corrected chi connectivity index (χ0v) is 87.4. The van der Waals surface area contributed by atoms with E-state index in [1.54, 1.807) is 147 Å². The van der Waals surface area contributed by atoms with Crippen LogP contribution in [-0.4, -0.2) is 169 Å². The van der Waals surface area contributed by atoms with Gasteiger partial charge < -0.3 is 85.3 Å². The van der Waals surface area contributed by atoms with Crippen LogP contribution in [0.15, 0.2) is 208 Å². The van der Waals surface area contributed by atoms with Crippen molar-refractivity contribution in [3.05, 3.63) is 269 Å². The zero-order chi connectivity index (χ0) is 107. The summed E-state index contributed by atoms with van der Waals surface area (Å²) in [7, 11) is 0. The van der Waals surface area contributed by atoms with Gasteiger partial charge in [0, 0.05) is 35.5 Å². The van der Waals surface area contributed by atoms with Gasteiger partial charge in [0.25, 0.3) is 0 Å². The quantitative estimate of drug-likeness (QED) is 0.0112. The third kappa shape index (κ3) is 46.8. The van der Waals surface area contributed by atoms with Crippen LogP contribution in [-0.2, 0) is 76.2 Å². The van der Waals surface area contributed by atoms with Crippen molar-refractivity contribution < 1.29 is 143 Å². The Morgan fingerprint density at radius 1 is 0.277 bits per heavy atom. The summed E-state index contributed by atoms with van der Waals surface area (Å²) in [6, 6.07) is 36.9. The van der Waals surface area contributed by atoms with Crippen LogP contribution in [0.25, 0.3) is 0 Å². The first-order valence-corrected chi connectivity index (χ1v) is 51.1. The van der Waals surface area contributed by atoms with E-state index in [9.17, 15) is 57.5 Å². The number of unbranched alkanes of at least 4 members (excludes halogenated alkanes) is 14. The summed E-state index contributed by atoms with van der Waals surface area (Å²) in [6.45, 7) is 36.3. The molecule has 2 aliphatic carbocycles. The van der Waals surface area contributed by atoms with Gasteiger partial charge in [0.15, 0.2) is 0 Å². The Bertz CT molecular complexity index is 5310. The molecule has 0 bridgehead atoms. The van der Waals surface area contributed by atoms with Crippen LogP contribution in [0.2, 0.25) is 10.0 Å². The standard InChI is InChI=1S/C42H50O10.C38H46Cl2O10.C36H44O10/c1-29(2)39(43)49-25-13-9-7-11-23-47-35-19-21-37(31(5)27-35)41(45)51-33-15-17-34(18-16-33)52-42(46)38-22-20-36(28-32(38)6)48-24-12-8-10-14-26-50-40(44)30(3)4;1-3-35(41)47-23-11-7-5-9-21-45-29-17-19-31(33(39)25-29)37(43)49-27-13-15-28(16-14-27)50-38(44)32-20-18-30(26-34(32)40)46-22-10-6-8-12-24-48-36(42)4-2;1-5-33(37)43-21-9-7-19-41-31-17-13-28(23-25(31)3)36(40)45-29-14-11-27(12-15-29)35(39)46-30-16-18-32(26(4)24-30)42-20-8-10-22-44-34(38)6-2/h15-22,27-28H,1,3,7-14,23-26H2,2,4-6H3;3-4,17-20,25-28H,1-2,5-16,21-24H2;5-6,13,16-18,23-24,27,29H,1-2,7-12,14-15,19-22H2,3-4H3. The highest BCUT2D eigenvalue weighted by atomic mass is 35.5. The lowest BCUT2D eigenvalue weighted by molar-refractivity contribution is -0.141. The van der Waals surface area contributed by atoms with Gasteiger partial charge >= 0.3 is 71.6 Å². The second-order valence-electron chi connectivity index (χ2n) is 35.4. The van der Waals surface area contributed by atoms with E-state index in [1.165, 1.54) is 0 Å². The summed E-state index contributed by atoms with van der Waals surface area (Å²) >= 11 is 12.8. The van der Waals surface area contributed by atoms with Gasteiger partial charge in [-0.25, -0.2) is 52.7 Å². The van der Waals surface area contributed by atoms with Gasteiger partial charge in [0.05, 0.1) is 123 Å². The molecule has 0 unspecified atom stereocenters. The summed E-state index contributed by atoms with van der Waals surface area (Å²) in [5.41, 5.74) is 5.68. The molecule has 148 heavy (non-hydrogen) atoms. The molecule has 0 aromatic heterocycles. The Balaban J connectivity index is 0.000000301. The first-order valence-electron chi connectivity index (χ1n) is 50.3. The van der Waals surface area contributed by atoms with Crippen LogP contribution in [0.3, 0.4) is 0 Å². The van der Waals surface area contributed by atoms with Crippen molar-refractivity contribution in [1.29, 1.82) is 0 Å². The highest BCUT2D eigenvalue weighted by Gasteiger charge is 2.32. The summed E-state index contributed by atoms with van der Waals surface area (Å²) < 4.78 is 98.7. The second-order valence-corrected chi connectivity index (χ2v) is 36.2. The predicted molar refractivity (Wildman–Crippen MR) is 559 cm³/mol. The lowest BCUT2D eigenvalue weighted by Gasteiger charge is -2.28. The van der Waals surface area contributed by atoms with E-state index in [-0.39, 0.29) is 63.3 Å². The van der Waals surface area contributed by atoms with Gasteiger partial charge in [-0.1, -0.05) is 62.7 Å². The number of rotatable bonds is 62. The molecule has 0 saturated heterocycles. The first kappa shape index (κ1) is 121. The zero-order valence-electron chi connectivity index (χ0n) is 85.9. The maximum atomic E-state index is 12.9. The number of carbonyl (C=O) groups is 12. The molecule has 0 spiro atoms. The number of aryl methyl sites for hydroxylation is 4. The van der Waals surface area contributed by atoms with Crippen LogP contribution < -0.4 is 42.6 Å². The Morgan fingerprint density at radius 2 is 0.547 bits per heavy atom. The number of hydrogen-bond acceptors (Lipinski definition) is 30. The van der Waals surface area contributed by atoms with E-state index in [0.717, 1.165) is 156 Å². The molecule has 0 amide bonds. The molecule has 7 aromatic rings. The fourth-order valence-electron chi connectivity index (χ4n) is 14.9. The summed E-state index contributed by atoms with van der Waals surface area (Å²) in [4.78, 5) is 144. The number of hydrogen-bond donors (Lipinski definition) is 0. The maximum Gasteiger partial charge on any atom is 0.343 e. The molecule has 2 fully saturated rings. The minimum atomic E-state index is -0.514. The maximum absolute atomic E-state index is 12.9. The predicted octanol–water partition coefficient (Wildman–Crippen LogP) is 23.9. The van der Waals surface area contributed by atoms with Crippen molar-refractivity contribution in [3.63, 3.8) is 0 Å². The average Bonchev–Trinajstić information content (AvgIpc) is 0.843. The normalized spacial score (nSPS) is 13.7. The van der Waals surface area contributed by atoms with Gasteiger partial charge in [0.2, 0.25) is 0 Å². The number of halogens is 2. The molecule has 32 heteroatoms. The van der Waals surface area contributed by atoms with Crippen LogP contribution in [0, 0.1) is 33.6 Å². The molecule has 0 atom stereocenters. The fraction of sp³-hybridized carbons (Fsp3) is 0.431.